The quantitative estimate of drug-likeness (QED) is 0.722. The molecule has 19 heavy (non-hydrogen) atoms. The molecule has 1 heterocycles. The SMILES string of the molecule is CCOC(=O)NCCCCCN1[C@H](C)CCC[C@@H]1C. The number of likely N-dealkylation sites (tertiary alicyclic amines) is 1. The summed E-state index contributed by atoms with van der Waals surface area (Å²) in [4.78, 5) is 13.7. The van der Waals surface area contributed by atoms with Crippen LogP contribution in [0.3, 0.4) is 0 Å². The van der Waals surface area contributed by atoms with E-state index in [1.807, 2.05) is 6.92 Å². The van der Waals surface area contributed by atoms with E-state index in [4.69, 9.17) is 4.74 Å². The Labute approximate surface area is 117 Å². The average Bonchev–Trinajstić information content (AvgIpc) is 2.36. The number of alkyl carbamates (subject to hydrolysis) is 1. The van der Waals surface area contributed by atoms with Crippen LogP contribution < -0.4 is 5.32 Å². The van der Waals surface area contributed by atoms with Crippen molar-refractivity contribution in [3.63, 3.8) is 0 Å². The Kier molecular flexibility index (Phi) is 7.87. The maximum absolute atomic E-state index is 11.1. The summed E-state index contributed by atoms with van der Waals surface area (Å²) in [5.41, 5.74) is 0. The molecule has 2 atom stereocenters. The minimum atomic E-state index is -0.291. The Morgan fingerprint density at radius 3 is 2.53 bits per heavy atom. The van der Waals surface area contributed by atoms with Gasteiger partial charge in [0.2, 0.25) is 0 Å². The van der Waals surface area contributed by atoms with Gasteiger partial charge in [-0.1, -0.05) is 12.8 Å². The van der Waals surface area contributed by atoms with Crippen molar-refractivity contribution in [2.45, 2.75) is 71.4 Å². The molecule has 1 fully saturated rings. The minimum Gasteiger partial charge on any atom is -0.450 e. The van der Waals surface area contributed by atoms with Gasteiger partial charge in [0.1, 0.15) is 0 Å². The maximum atomic E-state index is 11.1. The maximum Gasteiger partial charge on any atom is 0.407 e. The van der Waals surface area contributed by atoms with E-state index in [-0.39, 0.29) is 6.09 Å². The molecular formula is C15H30N2O2. The second kappa shape index (κ2) is 9.18. The van der Waals surface area contributed by atoms with Gasteiger partial charge in [0.05, 0.1) is 6.61 Å². The normalized spacial score (nSPS) is 24.2. The van der Waals surface area contributed by atoms with Crippen molar-refractivity contribution in [3.05, 3.63) is 0 Å². The van der Waals surface area contributed by atoms with E-state index in [2.05, 4.69) is 24.1 Å². The van der Waals surface area contributed by atoms with Gasteiger partial charge in [-0.05, 0) is 53.0 Å². The summed E-state index contributed by atoms with van der Waals surface area (Å²) >= 11 is 0. The highest BCUT2D eigenvalue weighted by molar-refractivity contribution is 5.66. The van der Waals surface area contributed by atoms with Gasteiger partial charge in [0.15, 0.2) is 0 Å². The van der Waals surface area contributed by atoms with Crippen molar-refractivity contribution in [2.75, 3.05) is 19.7 Å². The van der Waals surface area contributed by atoms with E-state index in [1.54, 1.807) is 0 Å². The Morgan fingerprint density at radius 2 is 1.89 bits per heavy atom. The van der Waals surface area contributed by atoms with Crippen LogP contribution in [0.1, 0.15) is 59.3 Å². The van der Waals surface area contributed by atoms with E-state index in [0.29, 0.717) is 6.61 Å². The average molecular weight is 270 g/mol. The predicted octanol–water partition coefficient (Wildman–Crippen LogP) is 3.17. The fraction of sp³-hybridized carbons (Fsp3) is 0.933. The third-order valence-corrected chi connectivity index (χ3v) is 4.01. The van der Waals surface area contributed by atoms with Crippen molar-refractivity contribution in [1.82, 2.24) is 10.2 Å². The van der Waals surface area contributed by atoms with Gasteiger partial charge in [0.25, 0.3) is 0 Å². The van der Waals surface area contributed by atoms with Gasteiger partial charge in [-0.3, -0.25) is 4.90 Å². The molecule has 1 aliphatic heterocycles. The molecule has 4 nitrogen and oxygen atoms in total. The van der Waals surface area contributed by atoms with Gasteiger partial charge in [0, 0.05) is 18.6 Å². The van der Waals surface area contributed by atoms with Crippen molar-refractivity contribution in [3.8, 4) is 0 Å². The molecule has 1 N–H and O–H groups in total. The van der Waals surface area contributed by atoms with Crippen molar-refractivity contribution < 1.29 is 9.53 Å². The Bertz CT molecular complexity index is 249. The van der Waals surface area contributed by atoms with E-state index in [0.717, 1.165) is 25.0 Å². The lowest BCUT2D eigenvalue weighted by Gasteiger charge is -2.39. The monoisotopic (exact) mass is 270 g/mol. The van der Waals surface area contributed by atoms with Crippen LogP contribution >= 0.6 is 0 Å². The molecular weight excluding hydrogens is 240 g/mol. The zero-order chi connectivity index (χ0) is 14.1. The molecule has 0 aromatic carbocycles. The Morgan fingerprint density at radius 1 is 1.21 bits per heavy atom. The molecule has 0 spiro atoms. The van der Waals surface area contributed by atoms with Crippen LogP contribution in [-0.4, -0.2) is 42.8 Å². The third kappa shape index (κ3) is 6.28. The molecule has 0 saturated carbocycles. The fourth-order valence-corrected chi connectivity index (χ4v) is 2.88. The topological polar surface area (TPSA) is 41.6 Å². The molecule has 0 aromatic heterocycles. The number of carbonyl (C=O) groups is 1. The van der Waals surface area contributed by atoms with Gasteiger partial charge in [-0.25, -0.2) is 4.79 Å². The molecule has 0 bridgehead atoms. The summed E-state index contributed by atoms with van der Waals surface area (Å²) in [7, 11) is 0. The molecule has 1 saturated heterocycles. The van der Waals surface area contributed by atoms with Crippen LogP contribution in [0.5, 0.6) is 0 Å². The highest BCUT2D eigenvalue weighted by atomic mass is 16.5. The van der Waals surface area contributed by atoms with Gasteiger partial charge >= 0.3 is 6.09 Å². The lowest BCUT2D eigenvalue weighted by Crippen LogP contribution is -2.44. The number of rotatable bonds is 7. The largest absolute Gasteiger partial charge is 0.450 e. The van der Waals surface area contributed by atoms with Gasteiger partial charge < -0.3 is 10.1 Å². The first kappa shape index (κ1) is 16.3. The fourth-order valence-electron chi connectivity index (χ4n) is 2.88. The molecule has 0 radical (unpaired) electrons. The first-order valence-corrected chi connectivity index (χ1v) is 7.81. The minimum absolute atomic E-state index is 0.291. The molecule has 1 rings (SSSR count). The number of ether oxygens (including phenoxy) is 1. The Hall–Kier alpha value is -0.770. The number of hydrogen-bond donors (Lipinski definition) is 1. The second-order valence-electron chi connectivity index (χ2n) is 5.57. The third-order valence-electron chi connectivity index (χ3n) is 4.01. The number of nitrogens with zero attached hydrogens (tertiary/aromatic N) is 1. The summed E-state index contributed by atoms with van der Waals surface area (Å²) < 4.78 is 4.81. The summed E-state index contributed by atoms with van der Waals surface area (Å²) in [6.07, 6.45) is 7.20. The number of nitrogens with one attached hydrogen (secondary N) is 1. The summed E-state index contributed by atoms with van der Waals surface area (Å²) in [6, 6.07) is 1.47. The lowest BCUT2D eigenvalue weighted by molar-refractivity contribution is 0.101. The zero-order valence-corrected chi connectivity index (χ0v) is 12.8. The van der Waals surface area contributed by atoms with E-state index >= 15 is 0 Å². The highest BCUT2D eigenvalue weighted by Crippen LogP contribution is 2.22. The first-order chi connectivity index (χ1) is 9.15. The first-order valence-electron chi connectivity index (χ1n) is 7.81. The smallest absolute Gasteiger partial charge is 0.407 e. The molecule has 112 valence electrons. The van der Waals surface area contributed by atoms with Crippen LogP contribution in [0.2, 0.25) is 0 Å². The van der Waals surface area contributed by atoms with E-state index in [1.165, 1.54) is 38.6 Å². The van der Waals surface area contributed by atoms with Crippen LogP contribution in [-0.2, 0) is 4.74 Å². The van der Waals surface area contributed by atoms with Crippen LogP contribution in [0, 0.1) is 0 Å². The molecule has 0 unspecified atom stereocenters. The molecule has 1 amide bonds. The predicted molar refractivity (Wildman–Crippen MR) is 78.4 cm³/mol. The number of piperidine rings is 1. The van der Waals surface area contributed by atoms with E-state index in [9.17, 15) is 4.79 Å². The highest BCUT2D eigenvalue weighted by Gasteiger charge is 2.23. The van der Waals surface area contributed by atoms with Crippen molar-refractivity contribution in [2.24, 2.45) is 0 Å². The summed E-state index contributed by atoms with van der Waals surface area (Å²) in [5, 5.41) is 2.76. The zero-order valence-electron chi connectivity index (χ0n) is 12.8. The number of carbonyl (C=O) groups excluding carboxylic acids is 1. The summed E-state index contributed by atoms with van der Waals surface area (Å²) in [6.45, 7) is 8.87. The molecule has 0 aromatic rings. The van der Waals surface area contributed by atoms with Crippen molar-refractivity contribution in [1.29, 1.82) is 0 Å². The standard InChI is InChI=1S/C15H30N2O2/c1-4-19-15(18)16-11-6-5-7-12-17-13(2)9-8-10-14(17)3/h13-14H,4-12H2,1-3H3,(H,16,18)/t13-,14+. The lowest BCUT2D eigenvalue weighted by atomic mass is 9.97. The Balaban J connectivity index is 2.02. The number of hydrogen-bond acceptors (Lipinski definition) is 3. The number of amides is 1. The van der Waals surface area contributed by atoms with Gasteiger partial charge in [-0.15, -0.1) is 0 Å². The van der Waals surface area contributed by atoms with Crippen LogP contribution in [0.25, 0.3) is 0 Å². The van der Waals surface area contributed by atoms with Gasteiger partial charge in [-0.2, -0.15) is 0 Å². The van der Waals surface area contributed by atoms with Crippen LogP contribution in [0.4, 0.5) is 4.79 Å². The molecule has 1 aliphatic rings. The van der Waals surface area contributed by atoms with E-state index < -0.39 is 0 Å². The van der Waals surface area contributed by atoms with Crippen LogP contribution in [0.15, 0.2) is 0 Å². The van der Waals surface area contributed by atoms with Crippen molar-refractivity contribution >= 4 is 6.09 Å². The second-order valence-corrected chi connectivity index (χ2v) is 5.57. The summed E-state index contributed by atoms with van der Waals surface area (Å²) in [5.74, 6) is 0. The molecule has 4 heteroatoms. The number of unbranched alkanes of at least 4 members (excludes halogenated alkanes) is 2. The molecule has 0 aliphatic carbocycles.